The number of aliphatic hydroxyl groups is 1. The van der Waals surface area contributed by atoms with Crippen LogP contribution < -0.4 is 10.6 Å². The van der Waals surface area contributed by atoms with Crippen LogP contribution >= 0.6 is 0 Å². The van der Waals surface area contributed by atoms with Crippen molar-refractivity contribution in [1.29, 1.82) is 0 Å². The summed E-state index contributed by atoms with van der Waals surface area (Å²) in [5.74, 6) is -12.1. The molecule has 4 rings (SSSR count). The number of hydrogen-bond acceptors (Lipinski definition) is 11. The zero-order valence-corrected chi connectivity index (χ0v) is 24.5. The standard InChI is InChI=1S/C29H38N4O9/c1-6-7-8-32(12-13(2)3)17-11-18(33(41)42)23(34)20-15(17)9-14-10-16-22(31(4)5)25(36)21(28(30)39)27(38)29(16,40)26(37)19(14)24(20)35/h11,13-14,16,19,21-22,34,40H,6-10,12H2,1-5H3,(H2,30,39)/t14?,16?,19?,21?,22-,29-/m0/s1. The second kappa shape index (κ2) is 11.2. The lowest BCUT2D eigenvalue weighted by Gasteiger charge is -2.52. The molecular formula is C29H38N4O9. The molecule has 0 aliphatic heterocycles. The van der Waals surface area contributed by atoms with Crippen LogP contribution in [0.25, 0.3) is 0 Å². The molecule has 4 N–H and O–H groups in total. The average molecular weight is 587 g/mol. The average Bonchev–Trinajstić information content (AvgIpc) is 2.88. The second-order valence-electron chi connectivity index (χ2n) is 12.4. The molecule has 2 fully saturated rings. The van der Waals surface area contributed by atoms with Crippen molar-refractivity contribution in [3.05, 3.63) is 27.3 Å². The molecule has 13 heteroatoms. The van der Waals surface area contributed by atoms with Gasteiger partial charge in [0.2, 0.25) is 11.7 Å². The highest BCUT2D eigenvalue weighted by Crippen LogP contribution is 2.53. The van der Waals surface area contributed by atoms with E-state index in [4.69, 9.17) is 5.73 Å². The van der Waals surface area contributed by atoms with Crippen LogP contribution in [0.2, 0.25) is 0 Å². The lowest BCUT2D eigenvalue weighted by atomic mass is 9.52. The van der Waals surface area contributed by atoms with Gasteiger partial charge in [-0.05, 0) is 50.8 Å². The Morgan fingerprint density at radius 1 is 1.21 bits per heavy atom. The summed E-state index contributed by atoms with van der Waals surface area (Å²) in [5, 5.41) is 34.7. The van der Waals surface area contributed by atoms with E-state index in [0.29, 0.717) is 24.3 Å². The Morgan fingerprint density at radius 3 is 2.38 bits per heavy atom. The number of amides is 1. The summed E-state index contributed by atoms with van der Waals surface area (Å²) in [6, 6.07) is 0.0486. The third-order valence-corrected chi connectivity index (χ3v) is 8.92. The minimum Gasteiger partial charge on any atom is -0.502 e. The molecule has 1 amide bonds. The first-order valence-electron chi connectivity index (χ1n) is 14.2. The third kappa shape index (κ3) is 4.68. The summed E-state index contributed by atoms with van der Waals surface area (Å²) in [6.45, 7) is 7.02. The molecule has 0 saturated heterocycles. The first-order chi connectivity index (χ1) is 19.6. The number of Topliss-reactive ketones (excluding diaryl/α,β-unsaturated/α-hetero) is 4. The van der Waals surface area contributed by atoms with Gasteiger partial charge in [0.1, 0.15) is 0 Å². The van der Waals surface area contributed by atoms with Gasteiger partial charge < -0.3 is 20.8 Å². The topological polar surface area (TPSA) is 201 Å². The second-order valence-corrected chi connectivity index (χ2v) is 12.4. The predicted molar refractivity (Wildman–Crippen MR) is 150 cm³/mol. The largest absolute Gasteiger partial charge is 0.502 e. The number of phenolic OH excluding ortho intramolecular Hbond substituents is 1. The summed E-state index contributed by atoms with van der Waals surface area (Å²) < 4.78 is 0. The van der Waals surface area contributed by atoms with Gasteiger partial charge in [-0.2, -0.15) is 0 Å². The van der Waals surface area contributed by atoms with Crippen molar-refractivity contribution in [3.63, 3.8) is 0 Å². The number of phenols is 1. The number of nitro benzene ring substituents is 1. The maximum absolute atomic E-state index is 14.1. The van der Waals surface area contributed by atoms with Crippen molar-refractivity contribution in [3.8, 4) is 5.75 Å². The zero-order chi connectivity index (χ0) is 31.4. The third-order valence-electron chi connectivity index (χ3n) is 8.92. The molecule has 2 saturated carbocycles. The minimum atomic E-state index is -2.86. The van der Waals surface area contributed by atoms with Crippen molar-refractivity contribution in [2.75, 3.05) is 32.1 Å². The summed E-state index contributed by atoms with van der Waals surface area (Å²) in [4.78, 5) is 81.5. The molecule has 0 spiro atoms. The Bertz CT molecular complexity index is 1370. The van der Waals surface area contributed by atoms with Crippen LogP contribution in [0.1, 0.15) is 56.0 Å². The Balaban J connectivity index is 1.92. The van der Waals surface area contributed by atoms with Crippen LogP contribution in [0.15, 0.2) is 6.07 Å². The maximum Gasteiger partial charge on any atom is 0.313 e. The van der Waals surface area contributed by atoms with Gasteiger partial charge in [-0.1, -0.05) is 27.2 Å². The van der Waals surface area contributed by atoms with E-state index in [1.54, 1.807) is 0 Å². The van der Waals surface area contributed by atoms with Crippen molar-refractivity contribution >= 4 is 40.4 Å². The molecule has 0 aromatic heterocycles. The van der Waals surface area contributed by atoms with E-state index in [-0.39, 0.29) is 24.3 Å². The fourth-order valence-corrected chi connectivity index (χ4v) is 7.16. The monoisotopic (exact) mass is 586 g/mol. The Morgan fingerprint density at radius 2 is 1.86 bits per heavy atom. The molecule has 42 heavy (non-hydrogen) atoms. The van der Waals surface area contributed by atoms with E-state index in [0.717, 1.165) is 12.8 Å². The summed E-state index contributed by atoms with van der Waals surface area (Å²) in [6.07, 6.45) is 1.54. The fourth-order valence-electron chi connectivity index (χ4n) is 7.16. The van der Waals surface area contributed by atoms with E-state index >= 15 is 0 Å². The number of fused-ring (bicyclic) bond motifs is 3. The van der Waals surface area contributed by atoms with Gasteiger partial charge in [0, 0.05) is 30.8 Å². The molecule has 228 valence electrons. The van der Waals surface area contributed by atoms with Crippen LogP contribution in [0.5, 0.6) is 5.75 Å². The number of anilines is 1. The molecule has 3 aliphatic rings. The number of nitro groups is 1. The van der Waals surface area contributed by atoms with Gasteiger partial charge in [0.15, 0.2) is 34.7 Å². The number of ketones is 4. The number of benzene rings is 1. The predicted octanol–water partition coefficient (Wildman–Crippen LogP) is 1.04. The molecule has 6 atom stereocenters. The van der Waals surface area contributed by atoms with E-state index in [9.17, 15) is 44.3 Å². The van der Waals surface area contributed by atoms with E-state index in [1.165, 1.54) is 25.1 Å². The van der Waals surface area contributed by atoms with E-state index in [2.05, 4.69) is 0 Å². The van der Waals surface area contributed by atoms with Gasteiger partial charge in [-0.15, -0.1) is 0 Å². The van der Waals surface area contributed by atoms with Crippen LogP contribution in [0.4, 0.5) is 11.4 Å². The van der Waals surface area contributed by atoms with Gasteiger partial charge in [0.25, 0.3) is 0 Å². The van der Waals surface area contributed by atoms with Crippen LogP contribution in [0, 0.1) is 39.7 Å². The van der Waals surface area contributed by atoms with Crippen LogP contribution in [0.3, 0.4) is 0 Å². The molecule has 13 nitrogen and oxygen atoms in total. The Kier molecular flexibility index (Phi) is 8.31. The van der Waals surface area contributed by atoms with Crippen molar-refractivity contribution in [2.45, 2.75) is 58.1 Å². The molecule has 1 aromatic carbocycles. The number of carbonyl (C=O) groups excluding carboxylic acids is 5. The molecule has 0 heterocycles. The first-order valence-corrected chi connectivity index (χ1v) is 14.2. The number of carbonyl (C=O) groups is 5. The van der Waals surface area contributed by atoms with E-state index < -0.39 is 80.7 Å². The van der Waals surface area contributed by atoms with Crippen molar-refractivity contribution in [1.82, 2.24) is 4.90 Å². The number of nitrogens with two attached hydrogens (primary N) is 1. The summed E-state index contributed by atoms with van der Waals surface area (Å²) in [7, 11) is 3.03. The summed E-state index contributed by atoms with van der Waals surface area (Å²) >= 11 is 0. The van der Waals surface area contributed by atoms with E-state index in [1.807, 2.05) is 25.7 Å². The molecular weight excluding hydrogens is 548 g/mol. The number of nitrogens with zero attached hydrogens (tertiary/aromatic N) is 3. The quantitative estimate of drug-likeness (QED) is 0.212. The van der Waals surface area contributed by atoms with Crippen molar-refractivity contribution < 1.29 is 39.1 Å². The normalized spacial score (nSPS) is 28.9. The highest BCUT2D eigenvalue weighted by Gasteiger charge is 2.69. The minimum absolute atomic E-state index is 0.0352. The van der Waals surface area contributed by atoms with Gasteiger partial charge in [-0.3, -0.25) is 39.0 Å². The number of primary amides is 1. The SMILES string of the molecule is CCCCN(CC(C)C)c1cc([N+](=O)[O-])c(O)c2c1CC1CC3[C@H](N(C)C)C(=O)C(C(N)=O)C(=O)[C@@]3(O)C(=O)C1C2=O. The lowest BCUT2D eigenvalue weighted by Crippen LogP contribution is -2.74. The van der Waals surface area contributed by atoms with Crippen LogP contribution in [-0.2, 0) is 25.6 Å². The van der Waals surface area contributed by atoms with Gasteiger partial charge in [-0.25, -0.2) is 0 Å². The number of aromatic hydroxyl groups is 1. The number of rotatable bonds is 9. The molecule has 1 aromatic rings. The number of likely N-dealkylation sites (N-methyl/N-ethyl adjacent to an activating group) is 1. The zero-order valence-electron chi connectivity index (χ0n) is 24.5. The fraction of sp³-hybridized carbons (Fsp3) is 0.621. The molecule has 3 aliphatic carbocycles. The van der Waals surface area contributed by atoms with Crippen molar-refractivity contribution in [2.24, 2.45) is 35.3 Å². The molecule has 0 bridgehead atoms. The first kappa shape index (κ1) is 31.2. The van der Waals surface area contributed by atoms with Gasteiger partial charge in [0.05, 0.1) is 22.4 Å². The number of hydrogen-bond donors (Lipinski definition) is 3. The lowest BCUT2D eigenvalue weighted by molar-refractivity contribution is -0.385. The highest BCUT2D eigenvalue weighted by molar-refractivity contribution is 6.32. The number of unbranched alkanes of at least 4 members (excludes halogenated alkanes) is 1. The highest BCUT2D eigenvalue weighted by atomic mass is 16.6. The Hall–Kier alpha value is -3.71. The molecule has 4 unspecified atom stereocenters. The van der Waals surface area contributed by atoms with Gasteiger partial charge >= 0.3 is 5.69 Å². The Labute approximate surface area is 243 Å². The molecule has 0 radical (unpaired) electrons. The summed E-state index contributed by atoms with van der Waals surface area (Å²) in [5.41, 5.74) is 2.17. The van der Waals surface area contributed by atoms with Crippen LogP contribution in [-0.4, -0.2) is 87.9 Å². The maximum atomic E-state index is 14.1. The smallest absolute Gasteiger partial charge is 0.313 e.